The molecule has 2 N–H and O–H groups in total. The van der Waals surface area contributed by atoms with Crippen molar-refractivity contribution in [1.29, 1.82) is 5.26 Å². The summed E-state index contributed by atoms with van der Waals surface area (Å²) in [4.78, 5) is 16.3. The van der Waals surface area contributed by atoms with Crippen molar-refractivity contribution >= 4 is 17.4 Å². The van der Waals surface area contributed by atoms with Crippen LogP contribution in [0.2, 0.25) is 0 Å². The van der Waals surface area contributed by atoms with E-state index in [4.69, 9.17) is 5.26 Å². The van der Waals surface area contributed by atoms with Gasteiger partial charge in [0, 0.05) is 6.54 Å². The van der Waals surface area contributed by atoms with Crippen LogP contribution in [0.15, 0.2) is 36.4 Å². The van der Waals surface area contributed by atoms with Gasteiger partial charge in [-0.3, -0.25) is 4.79 Å². The third-order valence-electron chi connectivity index (χ3n) is 2.71. The Morgan fingerprint density at radius 2 is 2.10 bits per heavy atom. The van der Waals surface area contributed by atoms with E-state index in [-0.39, 0.29) is 16.9 Å². The number of carbonyl (C=O) groups is 1. The Bertz CT molecular complexity index is 709. The number of amides is 1. The Labute approximate surface area is 121 Å². The van der Waals surface area contributed by atoms with Crippen molar-refractivity contribution in [3.63, 3.8) is 0 Å². The molecule has 0 radical (unpaired) electrons. The molecule has 0 unspecified atom stereocenters. The van der Waals surface area contributed by atoms with Crippen LogP contribution in [-0.4, -0.2) is 17.4 Å². The van der Waals surface area contributed by atoms with Crippen LogP contribution < -0.4 is 10.6 Å². The monoisotopic (exact) mass is 284 g/mol. The second-order valence-corrected chi connectivity index (χ2v) is 4.17. The molecule has 106 valence electrons. The smallest absolute Gasteiger partial charge is 0.274 e. The number of anilines is 2. The highest BCUT2D eigenvalue weighted by molar-refractivity contribution is 6.03. The lowest BCUT2D eigenvalue weighted by molar-refractivity contribution is 0.102. The van der Waals surface area contributed by atoms with Crippen LogP contribution in [0.5, 0.6) is 0 Å². The molecular weight excluding hydrogens is 271 g/mol. The van der Waals surface area contributed by atoms with Crippen molar-refractivity contribution in [2.75, 3.05) is 17.2 Å². The molecular formula is C15H13FN4O. The van der Waals surface area contributed by atoms with Crippen LogP contribution >= 0.6 is 0 Å². The molecule has 0 atom stereocenters. The van der Waals surface area contributed by atoms with E-state index in [1.807, 2.05) is 6.92 Å². The summed E-state index contributed by atoms with van der Waals surface area (Å²) in [5.41, 5.74) is 0.105. The highest BCUT2D eigenvalue weighted by atomic mass is 19.1. The summed E-state index contributed by atoms with van der Waals surface area (Å²) in [6, 6.07) is 10.8. The fraction of sp³-hybridized carbons (Fsp3) is 0.133. The number of aromatic nitrogens is 1. The standard InChI is InChI=1S/C15H13FN4O/c1-2-18-14-8-4-7-13(19-14)15(21)20-12-6-3-5-11(16)10(12)9-17/h3-8H,2H2,1H3,(H,18,19)(H,20,21). The lowest BCUT2D eigenvalue weighted by Gasteiger charge is -2.08. The van der Waals surface area contributed by atoms with Crippen molar-refractivity contribution in [2.45, 2.75) is 6.92 Å². The predicted molar refractivity (Wildman–Crippen MR) is 77.5 cm³/mol. The van der Waals surface area contributed by atoms with Crippen molar-refractivity contribution in [3.8, 4) is 6.07 Å². The first-order valence-corrected chi connectivity index (χ1v) is 6.36. The van der Waals surface area contributed by atoms with E-state index in [0.29, 0.717) is 12.4 Å². The molecule has 0 bridgehead atoms. The Morgan fingerprint density at radius 3 is 2.81 bits per heavy atom. The minimum Gasteiger partial charge on any atom is -0.370 e. The van der Waals surface area contributed by atoms with Gasteiger partial charge in [-0.1, -0.05) is 12.1 Å². The Morgan fingerprint density at radius 1 is 1.33 bits per heavy atom. The Kier molecular flexibility index (Phi) is 4.46. The first-order valence-electron chi connectivity index (χ1n) is 6.36. The Hall–Kier alpha value is -2.94. The molecule has 1 heterocycles. The van der Waals surface area contributed by atoms with E-state index in [2.05, 4.69) is 15.6 Å². The van der Waals surface area contributed by atoms with E-state index < -0.39 is 11.7 Å². The van der Waals surface area contributed by atoms with Crippen LogP contribution in [0.3, 0.4) is 0 Å². The van der Waals surface area contributed by atoms with Gasteiger partial charge in [-0.25, -0.2) is 9.37 Å². The Balaban J connectivity index is 2.25. The fourth-order valence-electron chi connectivity index (χ4n) is 1.77. The van der Waals surface area contributed by atoms with Gasteiger partial charge < -0.3 is 10.6 Å². The summed E-state index contributed by atoms with van der Waals surface area (Å²) in [7, 11) is 0. The van der Waals surface area contributed by atoms with Crippen LogP contribution in [0.1, 0.15) is 23.0 Å². The van der Waals surface area contributed by atoms with Crippen molar-refractivity contribution in [3.05, 3.63) is 53.5 Å². The third kappa shape index (κ3) is 3.34. The quantitative estimate of drug-likeness (QED) is 0.905. The zero-order valence-corrected chi connectivity index (χ0v) is 11.4. The summed E-state index contributed by atoms with van der Waals surface area (Å²) >= 11 is 0. The summed E-state index contributed by atoms with van der Waals surface area (Å²) in [5.74, 6) is -0.605. The fourth-order valence-corrected chi connectivity index (χ4v) is 1.77. The number of hydrogen-bond donors (Lipinski definition) is 2. The van der Waals surface area contributed by atoms with E-state index in [1.165, 1.54) is 12.1 Å². The molecule has 21 heavy (non-hydrogen) atoms. The van der Waals surface area contributed by atoms with Crippen molar-refractivity contribution in [2.24, 2.45) is 0 Å². The number of nitrogens with zero attached hydrogens (tertiary/aromatic N) is 2. The highest BCUT2D eigenvalue weighted by Crippen LogP contribution is 2.18. The minimum absolute atomic E-state index is 0.123. The third-order valence-corrected chi connectivity index (χ3v) is 2.71. The molecule has 0 aliphatic rings. The summed E-state index contributed by atoms with van der Waals surface area (Å²) in [6.45, 7) is 2.60. The van der Waals surface area contributed by atoms with Gasteiger partial charge in [-0.15, -0.1) is 0 Å². The SMILES string of the molecule is CCNc1cccc(C(=O)Nc2cccc(F)c2C#N)n1. The molecule has 0 saturated carbocycles. The van der Waals surface area contributed by atoms with Gasteiger partial charge in [0.05, 0.1) is 5.69 Å². The summed E-state index contributed by atoms with van der Waals surface area (Å²) in [5, 5.41) is 14.4. The van der Waals surface area contributed by atoms with Crippen molar-refractivity contribution < 1.29 is 9.18 Å². The number of carbonyl (C=O) groups excluding carboxylic acids is 1. The molecule has 0 aliphatic heterocycles. The zero-order chi connectivity index (χ0) is 15.2. The highest BCUT2D eigenvalue weighted by Gasteiger charge is 2.13. The van der Waals surface area contributed by atoms with Crippen LogP contribution in [0.4, 0.5) is 15.9 Å². The van der Waals surface area contributed by atoms with Crippen LogP contribution in [-0.2, 0) is 0 Å². The summed E-state index contributed by atoms with van der Waals surface area (Å²) in [6.07, 6.45) is 0. The maximum absolute atomic E-state index is 13.5. The van der Waals surface area contributed by atoms with E-state index >= 15 is 0 Å². The van der Waals surface area contributed by atoms with E-state index in [0.717, 1.165) is 6.07 Å². The molecule has 2 aromatic rings. The first-order chi connectivity index (χ1) is 10.2. The van der Waals surface area contributed by atoms with Gasteiger partial charge in [0.1, 0.15) is 29.0 Å². The molecule has 1 aromatic carbocycles. The number of pyridine rings is 1. The lowest BCUT2D eigenvalue weighted by atomic mass is 10.2. The molecule has 0 saturated heterocycles. The van der Waals surface area contributed by atoms with Gasteiger partial charge >= 0.3 is 0 Å². The molecule has 1 aromatic heterocycles. The van der Waals surface area contributed by atoms with Crippen LogP contribution in [0, 0.1) is 17.1 Å². The topological polar surface area (TPSA) is 77.8 Å². The number of rotatable bonds is 4. The normalized spacial score (nSPS) is 9.76. The number of nitriles is 1. The molecule has 0 spiro atoms. The summed E-state index contributed by atoms with van der Waals surface area (Å²) < 4.78 is 13.5. The second kappa shape index (κ2) is 6.48. The van der Waals surface area contributed by atoms with Gasteiger partial charge in [0.2, 0.25) is 0 Å². The molecule has 0 fully saturated rings. The molecule has 1 amide bonds. The largest absolute Gasteiger partial charge is 0.370 e. The lowest BCUT2D eigenvalue weighted by Crippen LogP contribution is -2.15. The average Bonchev–Trinajstić information content (AvgIpc) is 2.48. The maximum atomic E-state index is 13.5. The molecule has 6 heteroatoms. The number of nitrogens with one attached hydrogen (secondary N) is 2. The first kappa shape index (κ1) is 14.5. The van der Waals surface area contributed by atoms with Gasteiger partial charge in [0.25, 0.3) is 5.91 Å². The molecule has 5 nitrogen and oxygen atoms in total. The molecule has 2 rings (SSSR count). The van der Waals surface area contributed by atoms with Gasteiger partial charge in [-0.2, -0.15) is 5.26 Å². The number of hydrogen-bond acceptors (Lipinski definition) is 4. The maximum Gasteiger partial charge on any atom is 0.274 e. The average molecular weight is 284 g/mol. The predicted octanol–water partition coefficient (Wildman–Crippen LogP) is 2.78. The zero-order valence-electron chi connectivity index (χ0n) is 11.4. The van der Waals surface area contributed by atoms with Gasteiger partial charge in [0.15, 0.2) is 0 Å². The van der Waals surface area contributed by atoms with Crippen molar-refractivity contribution in [1.82, 2.24) is 4.98 Å². The van der Waals surface area contributed by atoms with Crippen LogP contribution in [0.25, 0.3) is 0 Å². The second-order valence-electron chi connectivity index (χ2n) is 4.17. The molecule has 0 aliphatic carbocycles. The minimum atomic E-state index is -0.676. The van der Waals surface area contributed by atoms with E-state index in [1.54, 1.807) is 24.3 Å². The van der Waals surface area contributed by atoms with Gasteiger partial charge in [-0.05, 0) is 31.2 Å². The van der Waals surface area contributed by atoms with E-state index in [9.17, 15) is 9.18 Å². The number of halogens is 1. The number of benzene rings is 1.